The Balaban J connectivity index is 0.00000145. The van der Waals surface area contributed by atoms with Gasteiger partial charge in [-0.05, 0) is 69.8 Å². The minimum Gasteiger partial charge on any atom is -0.481 e. The average molecular weight is 487 g/mol. The van der Waals surface area contributed by atoms with Crippen molar-refractivity contribution < 1.29 is 28.6 Å². The molecule has 190 valence electrons. The van der Waals surface area contributed by atoms with Gasteiger partial charge in [0.15, 0.2) is 12.9 Å². The van der Waals surface area contributed by atoms with Crippen molar-refractivity contribution in [2.45, 2.75) is 53.0 Å². The standard InChI is InChI=1S/C24H26FNO5.C2H4.CH5N/c1-4-16(9-8-14(2)25)11-26-15(3)22(19(28)12-27)23-20(31-13-21(29)30)10-17-6-5-7-18(17)24(23)26;2*1-2/h8-10,12H,4-7,11,13H2,1-3H3,(H,29,30);1-2H2;2H2,1H3/b14-8+,16-9+;;. The first-order valence-corrected chi connectivity index (χ1v) is 11.4. The predicted octanol–water partition coefficient (Wildman–Crippen LogP) is 4.87. The van der Waals surface area contributed by atoms with E-state index in [1.54, 1.807) is 19.1 Å². The van der Waals surface area contributed by atoms with E-state index in [9.17, 15) is 18.8 Å². The number of ketones is 1. The fourth-order valence-corrected chi connectivity index (χ4v) is 4.25. The van der Waals surface area contributed by atoms with Gasteiger partial charge in [0.2, 0.25) is 5.78 Å². The number of carboxylic acids is 1. The van der Waals surface area contributed by atoms with Gasteiger partial charge in [0.25, 0.3) is 0 Å². The Morgan fingerprint density at radius 2 is 1.91 bits per heavy atom. The SMILES string of the molecule is C=C.CC/C(=C\C=C(/C)F)Cn1c(C)c(C(=O)C=O)c2c(OCC(=O)O)cc3c(c21)CCC3.CN. The van der Waals surface area contributed by atoms with Crippen LogP contribution in [0.15, 0.2) is 42.8 Å². The molecule has 1 heterocycles. The number of Topliss-reactive ketones (excluding diaryl/α,β-unsaturated/α-hetero) is 1. The molecule has 0 radical (unpaired) electrons. The maximum Gasteiger partial charge on any atom is 0.341 e. The van der Waals surface area contributed by atoms with Crippen LogP contribution in [0.4, 0.5) is 4.39 Å². The normalized spacial score (nSPS) is 12.7. The van der Waals surface area contributed by atoms with Gasteiger partial charge in [-0.2, -0.15) is 0 Å². The highest BCUT2D eigenvalue weighted by atomic mass is 19.1. The molecule has 0 saturated heterocycles. The number of hydrogen-bond acceptors (Lipinski definition) is 5. The first-order valence-electron chi connectivity index (χ1n) is 11.4. The number of hydrogen-bond donors (Lipinski definition) is 2. The molecule has 0 spiro atoms. The summed E-state index contributed by atoms with van der Waals surface area (Å²) in [6.07, 6.45) is 6.67. The molecule has 0 bridgehead atoms. The summed E-state index contributed by atoms with van der Waals surface area (Å²) in [6.45, 7) is 11.0. The Kier molecular flexibility index (Phi) is 11.8. The molecule has 1 aliphatic rings. The summed E-state index contributed by atoms with van der Waals surface area (Å²) in [5.74, 6) is -1.81. The topological polar surface area (TPSA) is 112 Å². The molecule has 3 rings (SSSR count). The van der Waals surface area contributed by atoms with E-state index >= 15 is 0 Å². The molecule has 0 saturated carbocycles. The first kappa shape index (κ1) is 29.5. The molecular formula is C27H35FN2O5. The molecule has 8 heteroatoms. The number of nitrogens with two attached hydrogens (primary N) is 1. The van der Waals surface area contributed by atoms with Crippen LogP contribution in [0, 0.1) is 6.92 Å². The van der Waals surface area contributed by atoms with Gasteiger partial charge in [0.1, 0.15) is 5.75 Å². The predicted molar refractivity (Wildman–Crippen MR) is 137 cm³/mol. The number of carbonyl (C=O) groups is 3. The fourth-order valence-electron chi connectivity index (χ4n) is 4.25. The van der Waals surface area contributed by atoms with Crippen LogP contribution >= 0.6 is 0 Å². The van der Waals surface area contributed by atoms with E-state index in [1.165, 1.54) is 20.0 Å². The number of carboxylic acid groups (broad SMARTS) is 1. The van der Waals surface area contributed by atoms with Crippen molar-refractivity contribution in [2.24, 2.45) is 5.73 Å². The maximum absolute atomic E-state index is 13.3. The van der Waals surface area contributed by atoms with Crippen LogP contribution in [0.25, 0.3) is 10.9 Å². The van der Waals surface area contributed by atoms with Gasteiger partial charge in [-0.1, -0.05) is 18.6 Å². The second-order valence-electron chi connectivity index (χ2n) is 7.73. The molecule has 0 unspecified atom stereocenters. The lowest BCUT2D eigenvalue weighted by Crippen LogP contribution is -2.10. The zero-order valence-corrected chi connectivity index (χ0v) is 20.9. The second kappa shape index (κ2) is 14.0. The molecule has 0 amide bonds. The van der Waals surface area contributed by atoms with E-state index in [-0.39, 0.29) is 17.7 Å². The zero-order valence-electron chi connectivity index (χ0n) is 20.9. The lowest BCUT2D eigenvalue weighted by atomic mass is 10.0. The van der Waals surface area contributed by atoms with Crippen LogP contribution in [0.3, 0.4) is 0 Å². The second-order valence-corrected chi connectivity index (χ2v) is 7.73. The highest BCUT2D eigenvalue weighted by Gasteiger charge is 2.28. The number of carbonyl (C=O) groups excluding carboxylic acids is 2. The van der Waals surface area contributed by atoms with E-state index in [0.717, 1.165) is 41.5 Å². The Morgan fingerprint density at radius 1 is 1.26 bits per heavy atom. The molecule has 0 atom stereocenters. The maximum atomic E-state index is 13.3. The van der Waals surface area contributed by atoms with Crippen molar-refractivity contribution in [1.29, 1.82) is 0 Å². The number of nitrogens with zero attached hydrogens (tertiary/aromatic N) is 1. The molecule has 3 N–H and O–H groups in total. The van der Waals surface area contributed by atoms with Crippen LogP contribution in [-0.4, -0.2) is 41.4 Å². The number of fused-ring (bicyclic) bond motifs is 3. The van der Waals surface area contributed by atoms with Gasteiger partial charge in [-0.3, -0.25) is 9.59 Å². The molecular weight excluding hydrogens is 451 g/mol. The average Bonchev–Trinajstić information content (AvgIpc) is 3.44. The number of aryl methyl sites for hydroxylation is 2. The van der Waals surface area contributed by atoms with E-state index < -0.39 is 18.4 Å². The summed E-state index contributed by atoms with van der Waals surface area (Å²) in [4.78, 5) is 35.1. The lowest BCUT2D eigenvalue weighted by Gasteiger charge is -2.15. The molecule has 1 aliphatic carbocycles. The van der Waals surface area contributed by atoms with Crippen molar-refractivity contribution in [2.75, 3.05) is 13.7 Å². The van der Waals surface area contributed by atoms with Gasteiger partial charge in [0.05, 0.1) is 22.3 Å². The van der Waals surface area contributed by atoms with Crippen molar-refractivity contribution in [3.8, 4) is 5.75 Å². The van der Waals surface area contributed by atoms with E-state index in [1.807, 2.05) is 11.5 Å². The van der Waals surface area contributed by atoms with Gasteiger partial charge in [-0.15, -0.1) is 13.2 Å². The monoisotopic (exact) mass is 486 g/mol. The highest BCUT2D eigenvalue weighted by Crippen LogP contribution is 2.41. The third-order valence-corrected chi connectivity index (χ3v) is 5.69. The third-order valence-electron chi connectivity index (χ3n) is 5.69. The quantitative estimate of drug-likeness (QED) is 0.172. The van der Waals surface area contributed by atoms with Crippen LogP contribution < -0.4 is 10.5 Å². The molecule has 7 nitrogen and oxygen atoms in total. The minimum atomic E-state index is -1.13. The van der Waals surface area contributed by atoms with Crippen molar-refractivity contribution in [3.05, 3.63) is 65.2 Å². The Hall–Kier alpha value is -3.52. The number of rotatable bonds is 9. The van der Waals surface area contributed by atoms with Crippen LogP contribution in [-0.2, 0) is 29.0 Å². The summed E-state index contributed by atoms with van der Waals surface area (Å²) in [5, 5.41) is 9.56. The number of benzene rings is 1. The Labute approximate surface area is 205 Å². The van der Waals surface area contributed by atoms with Crippen LogP contribution in [0.5, 0.6) is 5.75 Å². The van der Waals surface area contributed by atoms with Crippen LogP contribution in [0.2, 0.25) is 0 Å². The summed E-state index contributed by atoms with van der Waals surface area (Å²) in [5.41, 5.74) is 9.21. The highest BCUT2D eigenvalue weighted by molar-refractivity contribution is 6.37. The number of aliphatic carboxylic acids is 1. The van der Waals surface area contributed by atoms with Gasteiger partial charge < -0.3 is 20.1 Å². The summed E-state index contributed by atoms with van der Waals surface area (Å²) in [7, 11) is 1.50. The first-order chi connectivity index (χ1) is 16.8. The summed E-state index contributed by atoms with van der Waals surface area (Å²) >= 11 is 0. The fraction of sp³-hybridized carbons (Fsp3) is 0.370. The number of ether oxygens (including phenoxy) is 1. The van der Waals surface area contributed by atoms with E-state index in [2.05, 4.69) is 18.9 Å². The number of halogens is 1. The van der Waals surface area contributed by atoms with Crippen LogP contribution in [0.1, 0.15) is 53.9 Å². The van der Waals surface area contributed by atoms with Crippen molar-refractivity contribution in [3.63, 3.8) is 0 Å². The molecule has 0 fully saturated rings. The van der Waals surface area contributed by atoms with Crippen molar-refractivity contribution >= 4 is 28.9 Å². The van der Waals surface area contributed by atoms with Gasteiger partial charge >= 0.3 is 5.97 Å². The van der Waals surface area contributed by atoms with Gasteiger partial charge in [0, 0.05) is 12.2 Å². The molecule has 2 aromatic rings. The summed E-state index contributed by atoms with van der Waals surface area (Å²) < 4.78 is 20.8. The Bertz CT molecular complexity index is 1140. The minimum absolute atomic E-state index is 0.229. The molecule has 1 aromatic carbocycles. The Morgan fingerprint density at radius 3 is 2.46 bits per heavy atom. The smallest absolute Gasteiger partial charge is 0.341 e. The lowest BCUT2D eigenvalue weighted by molar-refractivity contribution is -0.139. The molecule has 35 heavy (non-hydrogen) atoms. The number of aldehydes is 1. The number of allylic oxidation sites excluding steroid dienone is 4. The molecule has 1 aromatic heterocycles. The summed E-state index contributed by atoms with van der Waals surface area (Å²) in [6, 6.07) is 1.80. The van der Waals surface area contributed by atoms with Gasteiger partial charge in [-0.25, -0.2) is 9.18 Å². The van der Waals surface area contributed by atoms with E-state index in [0.29, 0.717) is 29.8 Å². The molecule has 0 aliphatic heterocycles. The zero-order chi connectivity index (χ0) is 26.7. The largest absolute Gasteiger partial charge is 0.481 e. The number of aromatic nitrogens is 1. The third kappa shape index (κ3) is 6.76. The van der Waals surface area contributed by atoms with Crippen molar-refractivity contribution in [1.82, 2.24) is 4.57 Å². The van der Waals surface area contributed by atoms with E-state index in [4.69, 9.17) is 9.84 Å².